The van der Waals surface area contributed by atoms with Crippen molar-refractivity contribution in [1.82, 2.24) is 14.7 Å². The maximum Gasteiger partial charge on any atom is 0.246 e. The third-order valence-electron chi connectivity index (χ3n) is 2.54. The van der Waals surface area contributed by atoms with E-state index >= 15 is 0 Å². The molecule has 0 radical (unpaired) electrons. The fourth-order valence-corrected chi connectivity index (χ4v) is 2.04. The number of carbonyl (C=O) groups is 1. The first-order chi connectivity index (χ1) is 9.04. The molecule has 5 nitrogen and oxygen atoms in total. The topological polar surface area (TPSA) is 51.3 Å². The molecule has 2 heterocycles. The molecule has 2 aromatic heterocycles. The zero-order valence-corrected chi connectivity index (χ0v) is 12.9. The van der Waals surface area contributed by atoms with Crippen molar-refractivity contribution in [3.63, 3.8) is 0 Å². The highest BCUT2D eigenvalue weighted by Gasteiger charge is 2.07. The number of amides is 1. The highest BCUT2D eigenvalue weighted by atomic mass is 127. The predicted molar refractivity (Wildman–Crippen MR) is 80.1 cm³/mol. The van der Waals surface area contributed by atoms with Gasteiger partial charge in [0.05, 0.1) is 6.20 Å². The van der Waals surface area contributed by atoms with Gasteiger partial charge in [-0.15, -0.1) is 0 Å². The van der Waals surface area contributed by atoms with E-state index in [1.54, 1.807) is 28.9 Å². The molecular formula is C13H14IN3O2. The van der Waals surface area contributed by atoms with Gasteiger partial charge >= 0.3 is 0 Å². The molecule has 100 valence electrons. The van der Waals surface area contributed by atoms with Crippen molar-refractivity contribution in [3.05, 3.63) is 45.7 Å². The molecule has 0 N–H and O–H groups in total. The van der Waals surface area contributed by atoms with Gasteiger partial charge in [-0.05, 0) is 40.8 Å². The lowest BCUT2D eigenvalue weighted by molar-refractivity contribution is -0.125. The first-order valence-electron chi connectivity index (χ1n) is 5.70. The van der Waals surface area contributed by atoms with Gasteiger partial charge in [0.2, 0.25) is 5.91 Å². The minimum absolute atomic E-state index is 0.0738. The number of hydrogen-bond acceptors (Lipinski definition) is 3. The smallest absolute Gasteiger partial charge is 0.246 e. The Balaban J connectivity index is 1.94. The van der Waals surface area contributed by atoms with Gasteiger partial charge in [-0.1, -0.05) is 0 Å². The van der Waals surface area contributed by atoms with Crippen molar-refractivity contribution in [3.8, 4) is 0 Å². The molecule has 0 unspecified atom stereocenters. The minimum Gasteiger partial charge on any atom is -0.451 e. The summed E-state index contributed by atoms with van der Waals surface area (Å²) in [7, 11) is 3.61. The molecule has 0 aliphatic rings. The first-order valence-corrected chi connectivity index (χ1v) is 6.78. The Bertz CT molecular complexity index is 601. The molecule has 0 fully saturated rings. The van der Waals surface area contributed by atoms with Crippen LogP contribution in [0.5, 0.6) is 0 Å². The van der Waals surface area contributed by atoms with Gasteiger partial charge in [-0.25, -0.2) is 0 Å². The Hall–Kier alpha value is -1.57. The Labute approximate surface area is 125 Å². The highest BCUT2D eigenvalue weighted by Crippen LogP contribution is 2.11. The van der Waals surface area contributed by atoms with Gasteiger partial charge in [0.25, 0.3) is 0 Å². The number of halogens is 1. The average Bonchev–Trinajstić information content (AvgIpc) is 2.95. The molecule has 0 saturated heterocycles. The summed E-state index contributed by atoms with van der Waals surface area (Å²) in [5.41, 5.74) is 0.999. The lowest BCUT2D eigenvalue weighted by Gasteiger charge is -2.13. The number of likely N-dealkylation sites (N-methyl/N-ethyl adjacent to an activating group) is 1. The summed E-state index contributed by atoms with van der Waals surface area (Å²) in [6, 6.07) is 3.68. The molecule has 0 spiro atoms. The molecule has 2 rings (SSSR count). The number of aromatic nitrogens is 2. The zero-order chi connectivity index (χ0) is 13.8. The van der Waals surface area contributed by atoms with Crippen molar-refractivity contribution >= 4 is 34.6 Å². The van der Waals surface area contributed by atoms with Crippen LogP contribution in [0.3, 0.4) is 0 Å². The summed E-state index contributed by atoms with van der Waals surface area (Å²) in [6.07, 6.45) is 6.82. The Morgan fingerprint density at radius 3 is 2.95 bits per heavy atom. The second kappa shape index (κ2) is 6.05. The predicted octanol–water partition coefficient (Wildman–Crippen LogP) is 2.29. The van der Waals surface area contributed by atoms with E-state index in [2.05, 4.69) is 27.7 Å². The summed E-state index contributed by atoms with van der Waals surface area (Å²) in [5.74, 6) is 0.600. The maximum atomic E-state index is 11.9. The Kier molecular flexibility index (Phi) is 4.41. The van der Waals surface area contributed by atoms with E-state index in [0.717, 1.165) is 9.33 Å². The zero-order valence-electron chi connectivity index (χ0n) is 10.7. The largest absolute Gasteiger partial charge is 0.451 e. The molecule has 19 heavy (non-hydrogen) atoms. The fraction of sp³-hybridized carbons (Fsp3) is 0.231. The van der Waals surface area contributed by atoms with Gasteiger partial charge in [0.1, 0.15) is 5.76 Å². The molecule has 6 heteroatoms. The van der Waals surface area contributed by atoms with Crippen LogP contribution in [-0.4, -0.2) is 27.6 Å². The standard InChI is InChI=1S/C13H14IN3O2/c1-16(8-10-7-15-17(2)9-10)13(18)6-4-11-3-5-12(14)19-11/h3-7,9H,8H2,1-2H3/b6-4+. The van der Waals surface area contributed by atoms with Crippen LogP contribution in [0.1, 0.15) is 11.3 Å². The number of aryl methyl sites for hydroxylation is 1. The Morgan fingerprint density at radius 1 is 1.58 bits per heavy atom. The SMILES string of the molecule is CN(Cc1cnn(C)c1)C(=O)/C=C/c1ccc(I)o1. The third kappa shape index (κ3) is 3.95. The summed E-state index contributed by atoms with van der Waals surface area (Å²) < 4.78 is 7.87. The highest BCUT2D eigenvalue weighted by molar-refractivity contribution is 14.1. The van der Waals surface area contributed by atoms with Gasteiger partial charge in [-0.3, -0.25) is 9.48 Å². The van der Waals surface area contributed by atoms with Crippen molar-refractivity contribution in [2.45, 2.75) is 6.54 Å². The molecule has 0 aliphatic carbocycles. The molecule has 0 bridgehead atoms. The quantitative estimate of drug-likeness (QED) is 0.612. The number of furan rings is 1. The number of carbonyl (C=O) groups excluding carboxylic acids is 1. The van der Waals surface area contributed by atoms with Crippen LogP contribution in [0.4, 0.5) is 0 Å². The van der Waals surface area contributed by atoms with E-state index in [1.807, 2.05) is 25.4 Å². The fourth-order valence-electron chi connectivity index (χ4n) is 1.60. The normalized spacial score (nSPS) is 11.1. The third-order valence-corrected chi connectivity index (χ3v) is 3.12. The van der Waals surface area contributed by atoms with E-state index in [1.165, 1.54) is 6.08 Å². The van der Waals surface area contributed by atoms with Crippen LogP contribution >= 0.6 is 22.6 Å². The second-order valence-electron chi connectivity index (χ2n) is 4.19. The number of nitrogens with zero attached hydrogens (tertiary/aromatic N) is 3. The van der Waals surface area contributed by atoms with E-state index < -0.39 is 0 Å². The minimum atomic E-state index is -0.0738. The molecule has 1 amide bonds. The van der Waals surface area contributed by atoms with E-state index in [9.17, 15) is 4.79 Å². The van der Waals surface area contributed by atoms with Crippen LogP contribution in [0.15, 0.2) is 35.0 Å². The molecule has 0 atom stereocenters. The van der Waals surface area contributed by atoms with E-state index in [-0.39, 0.29) is 5.91 Å². The number of rotatable bonds is 4. The summed E-state index contributed by atoms with van der Waals surface area (Å²) in [5, 5.41) is 4.07. The van der Waals surface area contributed by atoms with Crippen molar-refractivity contribution in [2.75, 3.05) is 7.05 Å². The lowest BCUT2D eigenvalue weighted by Crippen LogP contribution is -2.23. The van der Waals surface area contributed by atoms with Crippen molar-refractivity contribution < 1.29 is 9.21 Å². The molecule has 2 aromatic rings. The van der Waals surface area contributed by atoms with Gasteiger partial charge < -0.3 is 9.32 Å². The van der Waals surface area contributed by atoms with Gasteiger partial charge in [-0.2, -0.15) is 5.10 Å². The average molecular weight is 371 g/mol. The van der Waals surface area contributed by atoms with Crippen LogP contribution in [0.2, 0.25) is 0 Å². The molecular weight excluding hydrogens is 357 g/mol. The van der Waals surface area contributed by atoms with E-state index in [4.69, 9.17) is 4.42 Å². The van der Waals surface area contributed by atoms with Crippen molar-refractivity contribution in [2.24, 2.45) is 7.05 Å². The summed E-state index contributed by atoms with van der Waals surface area (Å²) >= 11 is 2.08. The Morgan fingerprint density at radius 2 is 2.37 bits per heavy atom. The molecule has 0 aromatic carbocycles. The van der Waals surface area contributed by atoms with Crippen LogP contribution in [0, 0.1) is 3.77 Å². The van der Waals surface area contributed by atoms with Crippen molar-refractivity contribution in [1.29, 1.82) is 0 Å². The summed E-state index contributed by atoms with van der Waals surface area (Å²) in [4.78, 5) is 13.5. The summed E-state index contributed by atoms with van der Waals surface area (Å²) in [6.45, 7) is 0.534. The molecule has 0 saturated carbocycles. The van der Waals surface area contributed by atoms with Gasteiger partial charge in [0.15, 0.2) is 3.77 Å². The number of hydrogen-bond donors (Lipinski definition) is 0. The first kappa shape index (κ1) is 13.9. The van der Waals surface area contributed by atoms with Crippen LogP contribution in [0.25, 0.3) is 6.08 Å². The van der Waals surface area contributed by atoms with Crippen LogP contribution in [-0.2, 0) is 18.4 Å². The molecule has 0 aliphatic heterocycles. The van der Waals surface area contributed by atoms with Crippen LogP contribution < -0.4 is 0 Å². The lowest BCUT2D eigenvalue weighted by atomic mass is 10.3. The second-order valence-corrected chi connectivity index (χ2v) is 5.25. The van der Waals surface area contributed by atoms with E-state index in [0.29, 0.717) is 12.3 Å². The monoisotopic (exact) mass is 371 g/mol. The maximum absolute atomic E-state index is 11.9. The van der Waals surface area contributed by atoms with Gasteiger partial charge in [0, 0.05) is 38.5 Å².